The highest BCUT2D eigenvalue weighted by Crippen LogP contribution is 2.12. The summed E-state index contributed by atoms with van der Waals surface area (Å²) in [6, 6.07) is 16.9. The van der Waals surface area contributed by atoms with Gasteiger partial charge in [-0.2, -0.15) is 0 Å². The number of nitrogens with one attached hydrogen (secondary N) is 1. The van der Waals surface area contributed by atoms with E-state index in [2.05, 4.69) is 21.2 Å². The molecule has 0 amide bonds. The smallest absolute Gasteiger partial charge is 0.321 e. The number of halogens is 1. The molecule has 2 N–H and O–H groups in total. The Kier molecular flexibility index (Phi) is 5.32. The van der Waals surface area contributed by atoms with Crippen molar-refractivity contribution < 1.29 is 9.90 Å². The Morgan fingerprint density at radius 3 is 2.45 bits per heavy atom. The maximum absolute atomic E-state index is 11.3. The Balaban J connectivity index is 1.98. The second-order valence-corrected chi connectivity index (χ2v) is 5.51. The summed E-state index contributed by atoms with van der Waals surface area (Å²) in [6.07, 6.45) is 0.476. The molecule has 3 nitrogen and oxygen atoms in total. The minimum atomic E-state index is -0.830. The SMILES string of the molecule is O=C(O)C(Cc1ccccc1)NCc1cccc(Br)c1. The molecule has 0 aliphatic rings. The first-order valence-corrected chi connectivity index (χ1v) is 7.19. The predicted octanol–water partition coefficient (Wildman–Crippen LogP) is 3.23. The number of benzene rings is 2. The molecule has 1 unspecified atom stereocenters. The van der Waals surface area contributed by atoms with E-state index in [1.165, 1.54) is 0 Å². The van der Waals surface area contributed by atoms with Crippen LogP contribution in [-0.4, -0.2) is 17.1 Å². The zero-order valence-corrected chi connectivity index (χ0v) is 12.5. The molecule has 0 bridgehead atoms. The van der Waals surface area contributed by atoms with E-state index >= 15 is 0 Å². The second kappa shape index (κ2) is 7.22. The molecule has 0 spiro atoms. The van der Waals surface area contributed by atoms with E-state index in [1.807, 2.05) is 54.6 Å². The number of carboxylic acids is 1. The van der Waals surface area contributed by atoms with Crippen LogP contribution in [0.3, 0.4) is 0 Å². The van der Waals surface area contributed by atoms with Crippen molar-refractivity contribution in [1.29, 1.82) is 0 Å². The molecule has 0 aliphatic carbocycles. The zero-order chi connectivity index (χ0) is 14.4. The summed E-state index contributed by atoms with van der Waals surface area (Å²) in [5.74, 6) is -0.830. The number of hydrogen-bond donors (Lipinski definition) is 2. The Morgan fingerprint density at radius 1 is 1.10 bits per heavy atom. The first-order chi connectivity index (χ1) is 9.65. The van der Waals surface area contributed by atoms with Gasteiger partial charge in [-0.3, -0.25) is 4.79 Å². The summed E-state index contributed by atoms with van der Waals surface area (Å²) >= 11 is 3.41. The van der Waals surface area contributed by atoms with Crippen molar-refractivity contribution in [2.75, 3.05) is 0 Å². The second-order valence-electron chi connectivity index (χ2n) is 4.59. The molecular formula is C16H16BrNO2. The van der Waals surface area contributed by atoms with E-state index < -0.39 is 12.0 Å². The first kappa shape index (κ1) is 14.8. The first-order valence-electron chi connectivity index (χ1n) is 6.40. The highest BCUT2D eigenvalue weighted by atomic mass is 79.9. The Morgan fingerprint density at radius 2 is 1.80 bits per heavy atom. The van der Waals surface area contributed by atoms with Crippen molar-refractivity contribution >= 4 is 21.9 Å². The number of rotatable bonds is 6. The van der Waals surface area contributed by atoms with Crippen molar-refractivity contribution in [2.24, 2.45) is 0 Å². The number of hydrogen-bond acceptors (Lipinski definition) is 2. The fraction of sp³-hybridized carbons (Fsp3) is 0.188. The number of carbonyl (C=O) groups is 1. The van der Waals surface area contributed by atoms with Crippen LogP contribution >= 0.6 is 15.9 Å². The number of carboxylic acid groups (broad SMARTS) is 1. The van der Waals surface area contributed by atoms with Crippen molar-refractivity contribution in [3.8, 4) is 0 Å². The molecule has 2 aromatic carbocycles. The molecule has 0 fully saturated rings. The summed E-state index contributed by atoms with van der Waals surface area (Å²) in [4.78, 5) is 11.3. The van der Waals surface area contributed by atoms with Crippen LogP contribution in [0.15, 0.2) is 59.1 Å². The van der Waals surface area contributed by atoms with Gasteiger partial charge in [-0.15, -0.1) is 0 Å². The largest absolute Gasteiger partial charge is 0.480 e. The Bertz CT molecular complexity index is 572. The van der Waals surface area contributed by atoms with Gasteiger partial charge in [0.15, 0.2) is 0 Å². The van der Waals surface area contributed by atoms with Crippen LogP contribution in [0.4, 0.5) is 0 Å². The lowest BCUT2D eigenvalue weighted by Gasteiger charge is -2.14. The topological polar surface area (TPSA) is 49.3 Å². The lowest BCUT2D eigenvalue weighted by Crippen LogP contribution is -2.38. The van der Waals surface area contributed by atoms with Gasteiger partial charge in [0, 0.05) is 11.0 Å². The summed E-state index contributed by atoms with van der Waals surface area (Å²) in [7, 11) is 0. The fourth-order valence-corrected chi connectivity index (χ4v) is 2.43. The highest BCUT2D eigenvalue weighted by molar-refractivity contribution is 9.10. The summed E-state index contributed by atoms with van der Waals surface area (Å²) in [6.45, 7) is 0.531. The highest BCUT2D eigenvalue weighted by Gasteiger charge is 2.17. The van der Waals surface area contributed by atoms with E-state index in [1.54, 1.807) is 0 Å². The van der Waals surface area contributed by atoms with Crippen molar-refractivity contribution in [3.63, 3.8) is 0 Å². The lowest BCUT2D eigenvalue weighted by molar-refractivity contribution is -0.139. The van der Waals surface area contributed by atoms with E-state index in [0.29, 0.717) is 13.0 Å². The van der Waals surface area contributed by atoms with Crippen LogP contribution < -0.4 is 5.32 Å². The van der Waals surface area contributed by atoms with Crippen molar-refractivity contribution in [3.05, 3.63) is 70.2 Å². The molecule has 2 aromatic rings. The van der Waals surface area contributed by atoms with Gasteiger partial charge in [-0.1, -0.05) is 58.4 Å². The summed E-state index contributed by atoms with van der Waals surface area (Å²) in [5, 5.41) is 12.4. The third-order valence-electron chi connectivity index (χ3n) is 3.02. The third kappa shape index (κ3) is 4.47. The molecule has 0 aliphatic heterocycles. The van der Waals surface area contributed by atoms with Gasteiger partial charge >= 0.3 is 5.97 Å². The third-order valence-corrected chi connectivity index (χ3v) is 3.52. The van der Waals surface area contributed by atoms with Gasteiger partial charge in [0.1, 0.15) is 6.04 Å². The Hall–Kier alpha value is -1.65. The van der Waals surface area contributed by atoms with Gasteiger partial charge in [0.2, 0.25) is 0 Å². The van der Waals surface area contributed by atoms with Gasteiger partial charge in [-0.05, 0) is 29.7 Å². The predicted molar refractivity (Wildman–Crippen MR) is 82.6 cm³/mol. The molecule has 4 heteroatoms. The van der Waals surface area contributed by atoms with Crippen LogP contribution in [0, 0.1) is 0 Å². The van der Waals surface area contributed by atoms with Crippen LogP contribution in [0.25, 0.3) is 0 Å². The van der Waals surface area contributed by atoms with Crippen LogP contribution in [-0.2, 0) is 17.8 Å². The molecule has 1 atom stereocenters. The lowest BCUT2D eigenvalue weighted by atomic mass is 10.1. The maximum atomic E-state index is 11.3. The molecule has 0 aromatic heterocycles. The fourth-order valence-electron chi connectivity index (χ4n) is 1.98. The molecule has 2 rings (SSSR count). The molecule has 0 heterocycles. The van der Waals surface area contributed by atoms with E-state index in [0.717, 1.165) is 15.6 Å². The van der Waals surface area contributed by atoms with Crippen molar-refractivity contribution in [1.82, 2.24) is 5.32 Å². The Labute approximate surface area is 126 Å². The average molecular weight is 334 g/mol. The minimum Gasteiger partial charge on any atom is -0.480 e. The van der Waals surface area contributed by atoms with E-state index in [-0.39, 0.29) is 0 Å². The van der Waals surface area contributed by atoms with E-state index in [9.17, 15) is 9.90 Å². The summed E-state index contributed by atoms with van der Waals surface area (Å²) < 4.78 is 0.992. The average Bonchev–Trinajstić information content (AvgIpc) is 2.44. The summed E-state index contributed by atoms with van der Waals surface area (Å²) in [5.41, 5.74) is 2.07. The molecule has 0 saturated heterocycles. The minimum absolute atomic E-state index is 0.476. The van der Waals surface area contributed by atoms with E-state index in [4.69, 9.17) is 0 Å². The van der Waals surface area contributed by atoms with Crippen LogP contribution in [0.5, 0.6) is 0 Å². The normalized spacial score (nSPS) is 12.1. The van der Waals surface area contributed by atoms with Crippen molar-refractivity contribution in [2.45, 2.75) is 19.0 Å². The zero-order valence-electron chi connectivity index (χ0n) is 10.9. The molecular weight excluding hydrogens is 318 g/mol. The maximum Gasteiger partial charge on any atom is 0.321 e. The monoisotopic (exact) mass is 333 g/mol. The van der Waals surface area contributed by atoms with Gasteiger partial charge in [0.05, 0.1) is 0 Å². The quantitative estimate of drug-likeness (QED) is 0.853. The molecule has 104 valence electrons. The molecule has 0 saturated carbocycles. The molecule has 20 heavy (non-hydrogen) atoms. The standard InChI is InChI=1S/C16H16BrNO2/c17-14-8-4-7-13(9-14)11-18-15(16(19)20)10-12-5-2-1-3-6-12/h1-9,15,18H,10-11H2,(H,19,20). The van der Waals surface area contributed by atoms with Gasteiger partial charge < -0.3 is 10.4 Å². The number of aliphatic carboxylic acids is 1. The van der Waals surface area contributed by atoms with Gasteiger partial charge in [0.25, 0.3) is 0 Å². The van der Waals surface area contributed by atoms with Crippen LogP contribution in [0.2, 0.25) is 0 Å². The molecule has 0 radical (unpaired) electrons. The van der Waals surface area contributed by atoms with Gasteiger partial charge in [-0.25, -0.2) is 0 Å². The van der Waals surface area contributed by atoms with Crippen LogP contribution in [0.1, 0.15) is 11.1 Å².